The Bertz CT molecular complexity index is 298. The molecule has 0 spiro atoms. The maximum Gasteiger partial charge on any atom is 0.242 e. The molecule has 1 atom stereocenters. The summed E-state index contributed by atoms with van der Waals surface area (Å²) < 4.78 is 0. The summed E-state index contributed by atoms with van der Waals surface area (Å²) in [4.78, 5) is 18.2. The third-order valence-electron chi connectivity index (χ3n) is 2.62. The number of thioether (sulfide) groups is 1. The molecule has 78 valence electrons. The van der Waals surface area contributed by atoms with Crippen LogP contribution in [0.2, 0.25) is 0 Å². The van der Waals surface area contributed by atoms with E-state index in [0.717, 1.165) is 24.7 Å². The van der Waals surface area contributed by atoms with E-state index in [0.29, 0.717) is 0 Å². The Morgan fingerprint density at radius 2 is 2.36 bits per heavy atom. The molecular weight excluding hydrogens is 196 g/mol. The quantitative estimate of drug-likeness (QED) is 0.663. The van der Waals surface area contributed by atoms with E-state index in [9.17, 15) is 4.79 Å². The minimum absolute atomic E-state index is 0.114. The van der Waals surface area contributed by atoms with E-state index in [1.165, 1.54) is 0 Å². The van der Waals surface area contributed by atoms with Crippen molar-refractivity contribution in [2.45, 2.75) is 32.4 Å². The minimum Gasteiger partial charge on any atom is -0.290 e. The van der Waals surface area contributed by atoms with E-state index in [4.69, 9.17) is 0 Å². The zero-order chi connectivity index (χ0) is 10.3. The molecule has 14 heavy (non-hydrogen) atoms. The second-order valence-electron chi connectivity index (χ2n) is 4.70. The summed E-state index contributed by atoms with van der Waals surface area (Å²) in [6, 6.07) is 0. The average molecular weight is 212 g/mol. The SMILES string of the molecule is CC[C@@H]1SC2=NCC(C)(C)CN2C1=O. The van der Waals surface area contributed by atoms with Crippen LogP contribution in [0.1, 0.15) is 27.2 Å². The van der Waals surface area contributed by atoms with Crippen molar-refractivity contribution in [1.82, 2.24) is 4.90 Å². The van der Waals surface area contributed by atoms with Gasteiger partial charge in [-0.15, -0.1) is 0 Å². The van der Waals surface area contributed by atoms with Gasteiger partial charge in [0.2, 0.25) is 5.91 Å². The summed E-state index contributed by atoms with van der Waals surface area (Å²) in [5, 5.41) is 1.06. The van der Waals surface area contributed by atoms with E-state index < -0.39 is 0 Å². The van der Waals surface area contributed by atoms with Gasteiger partial charge in [-0.05, 0) is 6.42 Å². The van der Waals surface area contributed by atoms with Crippen molar-refractivity contribution in [1.29, 1.82) is 0 Å². The number of fused-ring (bicyclic) bond motifs is 1. The molecule has 0 radical (unpaired) electrons. The van der Waals surface area contributed by atoms with Crippen LogP contribution in [-0.4, -0.2) is 34.3 Å². The second kappa shape index (κ2) is 3.26. The number of carbonyl (C=O) groups is 1. The Morgan fingerprint density at radius 1 is 1.64 bits per heavy atom. The summed E-state index contributed by atoms with van der Waals surface area (Å²) in [7, 11) is 0. The molecule has 4 heteroatoms. The van der Waals surface area contributed by atoms with Crippen molar-refractivity contribution in [3.05, 3.63) is 0 Å². The second-order valence-corrected chi connectivity index (χ2v) is 5.87. The van der Waals surface area contributed by atoms with Gasteiger partial charge in [0.05, 0.1) is 5.25 Å². The molecule has 0 aromatic heterocycles. The van der Waals surface area contributed by atoms with Crippen LogP contribution in [0.15, 0.2) is 4.99 Å². The molecule has 2 aliphatic heterocycles. The number of aliphatic imine (C=N–C) groups is 1. The molecule has 2 heterocycles. The van der Waals surface area contributed by atoms with E-state index in [2.05, 4.69) is 25.8 Å². The summed E-state index contributed by atoms with van der Waals surface area (Å²) in [5.74, 6) is 0.254. The number of amides is 1. The standard InChI is InChI=1S/C10H16N2OS/c1-4-7-8(13)12-6-10(2,3)5-11-9(12)14-7/h7H,4-6H2,1-3H3/t7-/m0/s1. The van der Waals surface area contributed by atoms with Gasteiger partial charge in [0.25, 0.3) is 0 Å². The first-order valence-electron chi connectivity index (χ1n) is 5.06. The summed E-state index contributed by atoms with van der Waals surface area (Å²) in [6.45, 7) is 8.04. The average Bonchev–Trinajstić information content (AvgIpc) is 2.42. The molecule has 0 aromatic rings. The predicted molar refractivity (Wildman–Crippen MR) is 59.5 cm³/mol. The highest BCUT2D eigenvalue weighted by Gasteiger charge is 2.41. The van der Waals surface area contributed by atoms with Crippen LogP contribution in [-0.2, 0) is 4.79 Å². The topological polar surface area (TPSA) is 32.7 Å². The number of nitrogens with zero attached hydrogens (tertiary/aromatic N) is 2. The highest BCUT2D eigenvalue weighted by atomic mass is 32.2. The highest BCUT2D eigenvalue weighted by Crippen LogP contribution is 2.35. The molecule has 0 aliphatic carbocycles. The zero-order valence-corrected chi connectivity index (χ0v) is 9.73. The van der Waals surface area contributed by atoms with Gasteiger partial charge < -0.3 is 0 Å². The van der Waals surface area contributed by atoms with Crippen LogP contribution in [0.4, 0.5) is 0 Å². The first-order chi connectivity index (χ1) is 6.53. The van der Waals surface area contributed by atoms with Crippen LogP contribution >= 0.6 is 11.8 Å². The number of carbonyl (C=O) groups excluding carboxylic acids is 1. The Kier molecular flexibility index (Phi) is 2.33. The molecule has 2 rings (SSSR count). The first kappa shape index (κ1) is 10.0. The molecule has 1 saturated heterocycles. The summed E-state index contributed by atoms with van der Waals surface area (Å²) in [5.41, 5.74) is 0.141. The number of hydrogen-bond acceptors (Lipinski definition) is 3. The third-order valence-corrected chi connectivity index (χ3v) is 4.00. The third kappa shape index (κ3) is 1.56. The molecular formula is C10H16N2OS. The normalized spacial score (nSPS) is 30.2. The van der Waals surface area contributed by atoms with Crippen molar-refractivity contribution in [3.63, 3.8) is 0 Å². The number of amidine groups is 1. The van der Waals surface area contributed by atoms with E-state index in [-0.39, 0.29) is 16.6 Å². The van der Waals surface area contributed by atoms with Gasteiger partial charge >= 0.3 is 0 Å². The van der Waals surface area contributed by atoms with Crippen LogP contribution < -0.4 is 0 Å². The van der Waals surface area contributed by atoms with Gasteiger partial charge in [0.15, 0.2) is 5.17 Å². The van der Waals surface area contributed by atoms with Crippen molar-refractivity contribution in [3.8, 4) is 0 Å². The Hall–Kier alpha value is -0.510. The predicted octanol–water partition coefficient (Wildman–Crippen LogP) is 1.74. The molecule has 1 fully saturated rings. The van der Waals surface area contributed by atoms with Crippen LogP contribution in [0.3, 0.4) is 0 Å². The van der Waals surface area contributed by atoms with Gasteiger partial charge in [-0.1, -0.05) is 32.5 Å². The fourth-order valence-electron chi connectivity index (χ4n) is 1.80. The first-order valence-corrected chi connectivity index (χ1v) is 5.94. The largest absolute Gasteiger partial charge is 0.290 e. The fourth-order valence-corrected chi connectivity index (χ4v) is 2.87. The van der Waals surface area contributed by atoms with Gasteiger partial charge in [0.1, 0.15) is 0 Å². The van der Waals surface area contributed by atoms with Crippen molar-refractivity contribution < 1.29 is 4.79 Å². The summed E-state index contributed by atoms with van der Waals surface area (Å²) >= 11 is 1.63. The minimum atomic E-state index is 0.114. The van der Waals surface area contributed by atoms with Gasteiger partial charge in [-0.3, -0.25) is 14.7 Å². The van der Waals surface area contributed by atoms with E-state index in [1.807, 2.05) is 4.90 Å². The molecule has 0 bridgehead atoms. The van der Waals surface area contributed by atoms with E-state index in [1.54, 1.807) is 11.8 Å². The molecule has 0 N–H and O–H groups in total. The lowest BCUT2D eigenvalue weighted by molar-refractivity contribution is -0.127. The number of rotatable bonds is 1. The highest BCUT2D eigenvalue weighted by molar-refractivity contribution is 8.15. The molecule has 0 unspecified atom stereocenters. The van der Waals surface area contributed by atoms with Gasteiger partial charge in [-0.2, -0.15) is 0 Å². The Balaban J connectivity index is 2.22. The lowest BCUT2D eigenvalue weighted by Crippen LogP contribution is -2.44. The van der Waals surface area contributed by atoms with Crippen molar-refractivity contribution >= 4 is 22.8 Å². The van der Waals surface area contributed by atoms with Gasteiger partial charge in [0, 0.05) is 18.5 Å². The molecule has 0 saturated carbocycles. The molecule has 0 aromatic carbocycles. The lowest BCUT2D eigenvalue weighted by Gasteiger charge is -2.32. The van der Waals surface area contributed by atoms with Crippen LogP contribution in [0.25, 0.3) is 0 Å². The maximum atomic E-state index is 11.9. The Morgan fingerprint density at radius 3 is 3.00 bits per heavy atom. The fraction of sp³-hybridized carbons (Fsp3) is 0.800. The molecule has 3 nitrogen and oxygen atoms in total. The van der Waals surface area contributed by atoms with Gasteiger partial charge in [-0.25, -0.2) is 0 Å². The number of hydrogen-bond donors (Lipinski definition) is 0. The lowest BCUT2D eigenvalue weighted by atomic mass is 9.92. The monoisotopic (exact) mass is 212 g/mol. The molecule has 2 aliphatic rings. The Labute approximate surface area is 89.0 Å². The maximum absolute atomic E-state index is 11.9. The van der Waals surface area contributed by atoms with Crippen molar-refractivity contribution in [2.24, 2.45) is 10.4 Å². The molecule has 1 amide bonds. The van der Waals surface area contributed by atoms with Crippen molar-refractivity contribution in [2.75, 3.05) is 13.1 Å². The van der Waals surface area contributed by atoms with E-state index >= 15 is 0 Å². The summed E-state index contributed by atoms with van der Waals surface area (Å²) in [6.07, 6.45) is 0.902. The zero-order valence-electron chi connectivity index (χ0n) is 8.91. The van der Waals surface area contributed by atoms with Crippen LogP contribution in [0.5, 0.6) is 0 Å². The van der Waals surface area contributed by atoms with Crippen LogP contribution in [0, 0.1) is 5.41 Å². The smallest absolute Gasteiger partial charge is 0.242 e.